The Bertz CT molecular complexity index is 872. The first-order valence-corrected chi connectivity index (χ1v) is 34.4. The summed E-state index contributed by atoms with van der Waals surface area (Å²) in [6.07, 6.45) is 47.4. The summed E-state index contributed by atoms with van der Waals surface area (Å²) in [7, 11) is 0. The van der Waals surface area contributed by atoms with Gasteiger partial charge < -0.3 is 104 Å². The van der Waals surface area contributed by atoms with E-state index in [2.05, 4.69) is 275 Å². The Hall–Kier alpha value is -3.90. The Kier molecular flexibility index (Phi) is 258. The van der Waals surface area contributed by atoms with Crippen molar-refractivity contribution in [1.29, 1.82) is 0 Å². The maximum absolute atomic E-state index is 3.76. The lowest BCUT2D eigenvalue weighted by molar-refractivity contribution is 0.694. The number of hydrogen-bond acceptors (Lipinski definition) is 0. The number of hydrogen-bond donors (Lipinski definition) is 0. The molecule has 91 heavy (non-hydrogen) atoms. The van der Waals surface area contributed by atoms with Gasteiger partial charge in [-0.05, 0) is 87.3 Å². The summed E-state index contributed by atoms with van der Waals surface area (Å²) in [6, 6.07) is 0. The lowest BCUT2D eigenvalue weighted by Crippen LogP contribution is -1.74. The highest BCUT2D eigenvalue weighted by molar-refractivity contribution is 5.00. The monoisotopic (exact) mass is 1260 g/mol. The van der Waals surface area contributed by atoms with Gasteiger partial charge in [0.05, 0.1) is 164 Å². The molecule has 0 fully saturated rings. The topological polar surface area (TPSA) is 0 Å². The van der Waals surface area contributed by atoms with Crippen LogP contribution in [0.4, 0.5) is 0 Å². The summed E-state index contributed by atoms with van der Waals surface area (Å²) in [5, 5.41) is 0. The quantitative estimate of drug-likeness (QED) is 0.0342. The molecule has 0 spiro atoms. The zero-order valence-electron chi connectivity index (χ0n) is 63.1. The predicted molar refractivity (Wildman–Crippen MR) is 445 cm³/mol. The Morgan fingerprint density at radius 1 is 0.209 bits per heavy atom. The molecular formula is C91H170. The average molecular weight is 1260 g/mol. The summed E-state index contributed by atoms with van der Waals surface area (Å²) in [5.41, 5.74) is 6.00. The summed E-state index contributed by atoms with van der Waals surface area (Å²) < 4.78 is 0. The fourth-order valence-corrected chi connectivity index (χ4v) is 3.62. The minimum atomic E-state index is 0.667. The second-order valence-corrected chi connectivity index (χ2v) is 19.7. The molecular weight excluding hydrogens is 1090 g/mol. The third-order valence-electron chi connectivity index (χ3n) is 8.86. The highest BCUT2D eigenvalue weighted by atomic mass is 13.9. The Balaban J connectivity index is -0.0000000428. The third-order valence-corrected chi connectivity index (χ3v) is 8.86. The van der Waals surface area contributed by atoms with Crippen LogP contribution in [-0.2, 0) is 0 Å². The van der Waals surface area contributed by atoms with Crippen LogP contribution >= 0.6 is 0 Å². The van der Waals surface area contributed by atoms with Gasteiger partial charge in [-0.15, -0.1) is 19.3 Å². The molecule has 0 N–H and O–H groups in total. The van der Waals surface area contributed by atoms with E-state index in [0.717, 1.165) is 229 Å². The lowest BCUT2D eigenvalue weighted by Gasteiger charge is -1.94. The van der Waals surface area contributed by atoms with Gasteiger partial charge in [0.1, 0.15) is 12.8 Å². The molecule has 0 saturated carbocycles. The molecule has 0 bridgehead atoms. The fourth-order valence-electron chi connectivity index (χ4n) is 3.62. The molecule has 0 aliphatic carbocycles. The summed E-state index contributed by atoms with van der Waals surface area (Å²) in [4.78, 5) is 0. The van der Waals surface area contributed by atoms with E-state index in [9.17, 15) is 0 Å². The molecule has 0 radical (unpaired) electrons. The van der Waals surface area contributed by atoms with Crippen molar-refractivity contribution in [2.75, 3.05) is 0 Å². The first kappa shape index (κ1) is 131. The minimum Gasteiger partial charge on any atom is -0.343 e. The number of rotatable bonds is 34. The van der Waals surface area contributed by atoms with Crippen LogP contribution in [0, 0.1) is 235 Å². The highest BCUT2D eigenvalue weighted by Crippen LogP contribution is 2.05. The van der Waals surface area contributed by atoms with E-state index in [1.807, 2.05) is 0 Å². The van der Waals surface area contributed by atoms with Gasteiger partial charge in [-0.3, -0.25) is 6.92 Å². The van der Waals surface area contributed by atoms with E-state index in [1.54, 1.807) is 0 Å². The highest BCUT2D eigenvalue weighted by Gasteiger charge is 1.88. The van der Waals surface area contributed by atoms with Crippen LogP contribution in [0.25, 0.3) is 0 Å². The van der Waals surface area contributed by atoms with Crippen molar-refractivity contribution in [2.24, 2.45) is 0 Å². The Labute approximate surface area is 594 Å². The first-order chi connectivity index (χ1) is 43.2. The predicted octanol–water partition coefficient (Wildman–Crippen LogP) is 32.0. The van der Waals surface area contributed by atoms with Gasteiger partial charge in [0.15, 0.2) is 0 Å². The number of allylic oxidation sites excluding steroid dienone is 6. The van der Waals surface area contributed by atoms with Crippen molar-refractivity contribution in [2.45, 2.75) is 289 Å². The molecule has 0 aromatic heterocycles. The van der Waals surface area contributed by atoms with Gasteiger partial charge in [0, 0.05) is 47.4 Å². The molecule has 0 aromatic carbocycles. The van der Waals surface area contributed by atoms with E-state index < -0.39 is 0 Å². The smallest absolute Gasteiger partial charge is 0.106 e. The van der Waals surface area contributed by atoms with Crippen molar-refractivity contribution in [3.05, 3.63) is 308 Å². The van der Waals surface area contributed by atoms with Crippen LogP contribution in [0.3, 0.4) is 0 Å². The second-order valence-electron chi connectivity index (χ2n) is 19.7. The summed E-state index contributed by atoms with van der Waals surface area (Å²) in [5.74, 6) is 0. The van der Waals surface area contributed by atoms with Crippen molar-refractivity contribution < 1.29 is 0 Å². The van der Waals surface area contributed by atoms with E-state index in [1.165, 1.54) is 88.2 Å². The maximum Gasteiger partial charge on any atom is 0.106 e. The summed E-state index contributed by atoms with van der Waals surface area (Å²) in [6.45, 7) is 144. The molecule has 0 rings (SSSR count). The van der Waals surface area contributed by atoms with Crippen LogP contribution in [0.15, 0.2) is 72.9 Å². The second kappa shape index (κ2) is 179. The Morgan fingerprint density at radius 2 is 0.352 bits per heavy atom. The van der Waals surface area contributed by atoms with E-state index >= 15 is 0 Å². The van der Waals surface area contributed by atoms with Crippen LogP contribution in [0.2, 0.25) is 0 Å². The lowest BCUT2D eigenvalue weighted by atomic mass is 10.1. The number of unbranched alkanes of at least 4 members (excludes halogenated alkanes) is 22. The van der Waals surface area contributed by atoms with Gasteiger partial charge in [0.25, 0.3) is 0 Å². The summed E-state index contributed by atoms with van der Waals surface area (Å²) >= 11 is 0. The van der Waals surface area contributed by atoms with E-state index in [0.29, 0.717) is 5.57 Å². The van der Waals surface area contributed by atoms with Crippen LogP contribution in [0.5, 0.6) is 0 Å². The molecule has 0 nitrogen and oxygen atoms in total. The molecule has 0 unspecified atom stereocenters. The molecule has 0 amide bonds. The maximum atomic E-state index is 3.76. The zero-order chi connectivity index (χ0) is 75.3. The van der Waals surface area contributed by atoms with Crippen molar-refractivity contribution in [3.63, 3.8) is 0 Å². The first-order valence-electron chi connectivity index (χ1n) is 34.4. The van der Waals surface area contributed by atoms with Crippen molar-refractivity contribution in [3.8, 4) is 0 Å². The molecule has 0 aliphatic heterocycles. The molecule has 0 heteroatoms. The minimum absolute atomic E-state index is 0.667. The standard InChI is InChI=1S/2C7H12.C7H14.3C6H10.3C6H12.3C5H10.C4H6.3C4H8.C3H6/c2*1-4-6-7(3)5-2;1-3-5-7-6-4-2;3*1-4-5-6(2)3;3*1-3-5-6-4-2;3*1-3-5-4-2;1-4(2)3;3*1-3-4-2;1-3-2/h2*1-6H2;1-7H2;3*1-5H2;3*1-6H2;3*1-5H2;1-3H2;3*1-4H2;1-3H2. The molecule has 0 atom stereocenters. The van der Waals surface area contributed by atoms with Gasteiger partial charge in [-0.2, -0.15) is 77.0 Å². The van der Waals surface area contributed by atoms with Crippen molar-refractivity contribution in [1.82, 2.24) is 0 Å². The van der Waals surface area contributed by atoms with Crippen molar-refractivity contribution >= 4 is 0 Å². The average Bonchev–Trinajstić information content (AvgIpc) is 3.52. The van der Waals surface area contributed by atoms with Crippen LogP contribution in [-0.4, -0.2) is 0 Å². The van der Waals surface area contributed by atoms with Gasteiger partial charge in [0.2, 0.25) is 0 Å². The molecule has 0 saturated heterocycles. The normalized spacial score (nSPS) is 8.18. The molecule has 0 aromatic rings. The van der Waals surface area contributed by atoms with Crippen LogP contribution in [0.1, 0.15) is 289 Å². The fraction of sp³-hybridized carbons (Fsp3) is 0.495. The van der Waals surface area contributed by atoms with Gasteiger partial charge in [-0.1, -0.05) is 78.5 Å². The molecule has 534 valence electrons. The van der Waals surface area contributed by atoms with E-state index in [4.69, 9.17) is 0 Å². The Morgan fingerprint density at radius 3 is 0.407 bits per heavy atom. The molecule has 0 aliphatic rings. The largest absolute Gasteiger partial charge is 0.343 e. The molecule has 0 heterocycles. The zero-order valence-corrected chi connectivity index (χ0v) is 63.1. The van der Waals surface area contributed by atoms with Gasteiger partial charge in [-0.25, -0.2) is 0 Å². The third kappa shape index (κ3) is 442. The van der Waals surface area contributed by atoms with E-state index in [-0.39, 0.29) is 0 Å². The van der Waals surface area contributed by atoms with Crippen LogP contribution < -0.4 is 0 Å². The van der Waals surface area contributed by atoms with Gasteiger partial charge >= 0.3 is 0 Å². The SMILES string of the molecule is C=C(C[CH2+])CC[CH2-].C=C(C[CH2+])CC[CH2-].C=C([CH2+])CC[CH2-].C=C([CH2+])CC[CH2-].C=C([CH2+])CC[CH2-].C=C([CH2+])[CH2-].[CH2+]CCCCC[CH2-].[CH2+]CCCC[CH2-].[CH2+]CCCC[CH2-].[CH2+]CCCC[CH2-].[CH2+]CCC[CH2-].[CH2+]CCC[CH2-].[CH2+]CCC[CH2-].[CH2+]CC[CH2-].[CH2+]CC[CH2-].[CH2+]CC[CH2-].[CH2+]C[CH2-].